The van der Waals surface area contributed by atoms with E-state index in [0.717, 1.165) is 22.3 Å². The standard InChI is InChI=1S/C26H23FN4O3/c1-34-18-12-10-17(11-13-18)14-15-30-25(33)23(16-24(32)28-20-7-3-2-6-19(20)27)31-22-9-5-4-8-21(22)29-26(30)31/h2-13,23H,14-16H2,1H3,(H,28,32)/t23-/m1/s1. The summed E-state index contributed by atoms with van der Waals surface area (Å²) in [6.07, 6.45) is 0.493. The van der Waals surface area contributed by atoms with Gasteiger partial charge < -0.3 is 10.1 Å². The Kier molecular flexibility index (Phi) is 5.71. The number of amides is 2. The van der Waals surface area contributed by atoms with Crippen molar-refractivity contribution in [3.8, 4) is 5.75 Å². The number of ether oxygens (including phenoxy) is 1. The average Bonchev–Trinajstić information content (AvgIpc) is 3.34. The van der Waals surface area contributed by atoms with Crippen LogP contribution in [0.4, 0.5) is 16.0 Å². The normalized spacial score (nSPS) is 14.9. The van der Waals surface area contributed by atoms with Crippen molar-refractivity contribution in [1.82, 2.24) is 9.55 Å². The van der Waals surface area contributed by atoms with Gasteiger partial charge in [0.15, 0.2) is 0 Å². The van der Waals surface area contributed by atoms with Gasteiger partial charge in [0.1, 0.15) is 17.6 Å². The van der Waals surface area contributed by atoms with Crippen molar-refractivity contribution in [3.05, 3.63) is 84.2 Å². The van der Waals surface area contributed by atoms with E-state index in [-0.39, 0.29) is 18.0 Å². The van der Waals surface area contributed by atoms with E-state index in [0.29, 0.717) is 18.9 Å². The molecule has 34 heavy (non-hydrogen) atoms. The molecular weight excluding hydrogens is 435 g/mol. The summed E-state index contributed by atoms with van der Waals surface area (Å²) < 4.78 is 21.0. The zero-order valence-corrected chi connectivity index (χ0v) is 18.6. The number of aromatic nitrogens is 2. The maximum atomic E-state index is 14.0. The fraction of sp³-hybridized carbons (Fsp3) is 0.192. The molecule has 1 N–H and O–H groups in total. The first-order chi connectivity index (χ1) is 16.5. The first-order valence-electron chi connectivity index (χ1n) is 11.0. The number of nitrogens with zero attached hydrogens (tertiary/aromatic N) is 3. The molecule has 172 valence electrons. The summed E-state index contributed by atoms with van der Waals surface area (Å²) in [5, 5.41) is 2.58. The van der Waals surface area contributed by atoms with Crippen LogP contribution < -0.4 is 15.0 Å². The van der Waals surface area contributed by atoms with Gasteiger partial charge in [-0.15, -0.1) is 0 Å². The quantitative estimate of drug-likeness (QED) is 0.447. The third-order valence-electron chi connectivity index (χ3n) is 5.99. The van der Waals surface area contributed by atoms with Gasteiger partial charge in [-0.1, -0.05) is 36.4 Å². The maximum absolute atomic E-state index is 14.0. The molecule has 5 rings (SSSR count). The summed E-state index contributed by atoms with van der Waals surface area (Å²) in [4.78, 5) is 32.5. The number of hydrogen-bond acceptors (Lipinski definition) is 4. The molecule has 2 heterocycles. The zero-order chi connectivity index (χ0) is 23.7. The number of fused-ring (bicyclic) bond motifs is 3. The Balaban J connectivity index is 1.40. The smallest absolute Gasteiger partial charge is 0.253 e. The zero-order valence-electron chi connectivity index (χ0n) is 18.6. The number of halogens is 1. The highest BCUT2D eigenvalue weighted by atomic mass is 19.1. The largest absolute Gasteiger partial charge is 0.497 e. The van der Waals surface area contributed by atoms with Crippen molar-refractivity contribution < 1.29 is 18.7 Å². The van der Waals surface area contributed by atoms with Crippen LogP contribution in [0.1, 0.15) is 18.0 Å². The van der Waals surface area contributed by atoms with Gasteiger partial charge in [0.05, 0.1) is 30.3 Å². The van der Waals surface area contributed by atoms with Gasteiger partial charge in [0, 0.05) is 6.54 Å². The highest BCUT2D eigenvalue weighted by molar-refractivity contribution is 6.05. The van der Waals surface area contributed by atoms with Crippen molar-refractivity contribution in [3.63, 3.8) is 0 Å². The van der Waals surface area contributed by atoms with Crippen molar-refractivity contribution >= 4 is 34.5 Å². The molecular formula is C26H23FN4O3. The molecule has 0 spiro atoms. The predicted molar refractivity (Wildman–Crippen MR) is 127 cm³/mol. The number of para-hydroxylation sites is 3. The number of benzene rings is 3. The lowest BCUT2D eigenvalue weighted by molar-refractivity contribution is -0.124. The first kappa shape index (κ1) is 21.6. The number of methoxy groups -OCH3 is 1. The summed E-state index contributed by atoms with van der Waals surface area (Å²) in [6.45, 7) is 0.417. The molecule has 0 saturated carbocycles. The molecule has 3 aromatic carbocycles. The highest BCUT2D eigenvalue weighted by Gasteiger charge is 2.40. The molecule has 0 aliphatic carbocycles. The Hall–Kier alpha value is -4.20. The van der Waals surface area contributed by atoms with E-state index in [9.17, 15) is 14.0 Å². The topological polar surface area (TPSA) is 76.5 Å². The van der Waals surface area contributed by atoms with Gasteiger partial charge in [0.25, 0.3) is 5.91 Å². The molecule has 1 aromatic heterocycles. The van der Waals surface area contributed by atoms with Crippen molar-refractivity contribution in [1.29, 1.82) is 0 Å². The van der Waals surface area contributed by atoms with Crippen LogP contribution in [0.5, 0.6) is 5.75 Å². The molecule has 1 aliphatic heterocycles. The molecule has 0 radical (unpaired) electrons. The van der Waals surface area contributed by atoms with Gasteiger partial charge in [0.2, 0.25) is 11.9 Å². The number of rotatable bonds is 7. The van der Waals surface area contributed by atoms with Crippen LogP contribution in [0.2, 0.25) is 0 Å². The fourth-order valence-corrected chi connectivity index (χ4v) is 4.28. The van der Waals surface area contributed by atoms with Crippen molar-refractivity contribution in [2.24, 2.45) is 0 Å². The Bertz CT molecular complexity index is 1370. The summed E-state index contributed by atoms with van der Waals surface area (Å²) in [7, 11) is 1.62. The Morgan fingerprint density at radius 1 is 1.06 bits per heavy atom. The lowest BCUT2D eigenvalue weighted by Gasteiger charge is -2.16. The van der Waals surface area contributed by atoms with Gasteiger partial charge in [-0.2, -0.15) is 0 Å². The lowest BCUT2D eigenvalue weighted by atomic mass is 10.1. The molecule has 1 atom stereocenters. The van der Waals surface area contributed by atoms with Crippen LogP contribution in [-0.2, 0) is 16.0 Å². The summed E-state index contributed by atoms with van der Waals surface area (Å²) >= 11 is 0. The number of anilines is 2. The average molecular weight is 458 g/mol. The molecule has 7 nitrogen and oxygen atoms in total. The minimum atomic E-state index is -0.759. The van der Waals surface area contributed by atoms with E-state index < -0.39 is 17.8 Å². The van der Waals surface area contributed by atoms with E-state index in [1.165, 1.54) is 12.1 Å². The van der Waals surface area contributed by atoms with Gasteiger partial charge in [-0.25, -0.2) is 9.37 Å². The third-order valence-corrected chi connectivity index (χ3v) is 5.99. The van der Waals surface area contributed by atoms with Gasteiger partial charge >= 0.3 is 0 Å². The van der Waals surface area contributed by atoms with E-state index >= 15 is 0 Å². The van der Waals surface area contributed by atoms with Crippen LogP contribution in [0, 0.1) is 5.82 Å². The molecule has 8 heteroatoms. The molecule has 2 amide bonds. The van der Waals surface area contributed by atoms with Crippen LogP contribution >= 0.6 is 0 Å². The Morgan fingerprint density at radius 3 is 2.56 bits per heavy atom. The SMILES string of the molecule is COc1ccc(CCN2C(=O)[C@@H](CC(=O)Nc3ccccc3F)n3c2nc2ccccc23)cc1. The summed E-state index contributed by atoms with van der Waals surface area (Å²) in [6, 6.07) is 20.4. The maximum Gasteiger partial charge on any atom is 0.253 e. The second-order valence-corrected chi connectivity index (χ2v) is 8.11. The molecule has 0 unspecified atom stereocenters. The number of nitrogens with one attached hydrogen (secondary N) is 1. The first-order valence-corrected chi connectivity index (χ1v) is 11.0. The molecule has 0 saturated heterocycles. The summed E-state index contributed by atoms with van der Waals surface area (Å²) in [5.41, 5.74) is 2.67. The lowest BCUT2D eigenvalue weighted by Crippen LogP contribution is -2.33. The van der Waals surface area contributed by atoms with E-state index in [4.69, 9.17) is 4.74 Å². The fourth-order valence-electron chi connectivity index (χ4n) is 4.28. The minimum absolute atomic E-state index is 0.0880. The van der Waals surface area contributed by atoms with Gasteiger partial charge in [-0.3, -0.25) is 19.1 Å². The summed E-state index contributed by atoms with van der Waals surface area (Å²) in [5.74, 6) is 0.116. The predicted octanol–water partition coefficient (Wildman–Crippen LogP) is 4.34. The van der Waals surface area contributed by atoms with Crippen molar-refractivity contribution in [2.75, 3.05) is 23.9 Å². The second-order valence-electron chi connectivity index (χ2n) is 8.11. The number of carbonyl (C=O) groups is 2. The van der Waals surface area contributed by atoms with E-state index in [1.54, 1.807) is 24.1 Å². The van der Waals surface area contributed by atoms with Crippen LogP contribution in [0.25, 0.3) is 11.0 Å². The minimum Gasteiger partial charge on any atom is -0.497 e. The van der Waals surface area contributed by atoms with Crippen LogP contribution in [0.3, 0.4) is 0 Å². The monoisotopic (exact) mass is 458 g/mol. The van der Waals surface area contributed by atoms with Crippen LogP contribution in [0.15, 0.2) is 72.8 Å². The second kappa shape index (κ2) is 8.97. The molecule has 4 aromatic rings. The van der Waals surface area contributed by atoms with E-state index in [2.05, 4.69) is 10.3 Å². The molecule has 1 aliphatic rings. The number of carbonyl (C=O) groups excluding carboxylic acids is 2. The Morgan fingerprint density at radius 2 is 1.79 bits per heavy atom. The van der Waals surface area contributed by atoms with E-state index in [1.807, 2.05) is 53.1 Å². The Labute approximate surface area is 195 Å². The molecule has 0 bridgehead atoms. The van der Waals surface area contributed by atoms with Gasteiger partial charge in [-0.05, 0) is 48.4 Å². The number of imidazole rings is 1. The number of hydrogen-bond donors (Lipinski definition) is 1. The molecule has 0 fully saturated rings. The van der Waals surface area contributed by atoms with Crippen molar-refractivity contribution in [2.45, 2.75) is 18.9 Å². The third kappa shape index (κ3) is 3.98. The highest BCUT2D eigenvalue weighted by Crippen LogP contribution is 2.36. The van der Waals surface area contributed by atoms with Crippen LogP contribution in [-0.4, -0.2) is 35.0 Å².